The summed E-state index contributed by atoms with van der Waals surface area (Å²) in [5.74, 6) is 0. The van der Waals surface area contributed by atoms with Crippen LogP contribution in [-0.4, -0.2) is 16.8 Å². The predicted molar refractivity (Wildman–Crippen MR) is 46.0 cm³/mol. The van der Waals surface area contributed by atoms with Gasteiger partial charge in [-0.25, -0.2) is 0 Å². The van der Waals surface area contributed by atoms with Crippen LogP contribution in [0.1, 0.15) is 25.3 Å². The van der Waals surface area contributed by atoms with Crippen LogP contribution in [0.2, 0.25) is 0 Å². The summed E-state index contributed by atoms with van der Waals surface area (Å²) in [4.78, 5) is 0. The van der Waals surface area contributed by atoms with E-state index in [2.05, 4.69) is 29.1 Å². The second-order valence-electron chi connectivity index (χ2n) is 3.81. The van der Waals surface area contributed by atoms with Crippen molar-refractivity contribution in [2.75, 3.05) is 0 Å². The molecular weight excluding hydrogens is 150 g/mol. The van der Waals surface area contributed by atoms with E-state index in [4.69, 9.17) is 4.74 Å². The van der Waals surface area contributed by atoms with Crippen LogP contribution in [0.25, 0.3) is 0 Å². The van der Waals surface area contributed by atoms with E-state index in [1.54, 1.807) is 0 Å². The number of rotatable bonds is 1. The molecule has 64 valence electrons. The van der Waals surface area contributed by atoms with Gasteiger partial charge in [0.1, 0.15) is 0 Å². The number of ether oxygens (including phenoxy) is 1. The Hall–Kier alpha value is -0.760. The van der Waals surface area contributed by atoms with Crippen molar-refractivity contribution in [3.8, 4) is 0 Å². The lowest BCUT2D eigenvalue weighted by Gasteiger charge is -2.20. The SMILES string of the molecule is c1ccn(C2CC3CCC2O3)c1. The molecule has 2 aliphatic heterocycles. The summed E-state index contributed by atoms with van der Waals surface area (Å²) in [5, 5.41) is 0. The van der Waals surface area contributed by atoms with E-state index < -0.39 is 0 Å². The minimum Gasteiger partial charge on any atom is -0.373 e. The van der Waals surface area contributed by atoms with E-state index in [9.17, 15) is 0 Å². The molecule has 1 aromatic rings. The average molecular weight is 163 g/mol. The third-order valence-electron chi connectivity index (χ3n) is 3.08. The highest BCUT2D eigenvalue weighted by Crippen LogP contribution is 2.41. The molecule has 12 heavy (non-hydrogen) atoms. The summed E-state index contributed by atoms with van der Waals surface area (Å²) in [7, 11) is 0. The van der Waals surface area contributed by atoms with Gasteiger partial charge in [0.25, 0.3) is 0 Å². The van der Waals surface area contributed by atoms with E-state index in [-0.39, 0.29) is 0 Å². The van der Waals surface area contributed by atoms with Crippen molar-refractivity contribution < 1.29 is 4.74 Å². The smallest absolute Gasteiger partial charge is 0.0787 e. The lowest BCUT2D eigenvalue weighted by Crippen LogP contribution is -2.19. The molecular formula is C10H13NO. The van der Waals surface area contributed by atoms with Crippen molar-refractivity contribution in [2.45, 2.75) is 37.5 Å². The number of nitrogens with zero attached hydrogens (tertiary/aromatic N) is 1. The number of aromatic nitrogens is 1. The molecule has 0 amide bonds. The van der Waals surface area contributed by atoms with E-state index >= 15 is 0 Å². The Morgan fingerprint density at radius 2 is 2.00 bits per heavy atom. The van der Waals surface area contributed by atoms with E-state index in [0.29, 0.717) is 18.2 Å². The molecule has 0 aromatic carbocycles. The molecule has 2 fully saturated rings. The molecule has 1 aromatic heterocycles. The first kappa shape index (κ1) is 6.72. The fourth-order valence-electron chi connectivity index (χ4n) is 2.49. The molecule has 2 bridgehead atoms. The van der Waals surface area contributed by atoms with Gasteiger partial charge in [-0.3, -0.25) is 0 Å². The van der Waals surface area contributed by atoms with E-state index in [1.807, 2.05) is 0 Å². The van der Waals surface area contributed by atoms with Gasteiger partial charge in [-0.15, -0.1) is 0 Å². The van der Waals surface area contributed by atoms with Gasteiger partial charge in [0.15, 0.2) is 0 Å². The van der Waals surface area contributed by atoms with Crippen LogP contribution in [0, 0.1) is 0 Å². The monoisotopic (exact) mass is 163 g/mol. The van der Waals surface area contributed by atoms with Gasteiger partial charge in [0, 0.05) is 12.4 Å². The molecule has 0 saturated carbocycles. The Morgan fingerprint density at radius 1 is 1.17 bits per heavy atom. The first-order valence-corrected chi connectivity index (χ1v) is 4.71. The van der Waals surface area contributed by atoms with Crippen molar-refractivity contribution in [3.63, 3.8) is 0 Å². The molecule has 0 aliphatic carbocycles. The highest BCUT2D eigenvalue weighted by atomic mass is 16.5. The van der Waals surface area contributed by atoms with E-state index in [1.165, 1.54) is 19.3 Å². The molecule has 2 heteroatoms. The van der Waals surface area contributed by atoms with Crippen molar-refractivity contribution in [1.82, 2.24) is 4.57 Å². The van der Waals surface area contributed by atoms with Crippen LogP contribution >= 0.6 is 0 Å². The van der Waals surface area contributed by atoms with Gasteiger partial charge in [-0.1, -0.05) is 0 Å². The lowest BCUT2D eigenvalue weighted by molar-refractivity contribution is 0.0939. The second-order valence-corrected chi connectivity index (χ2v) is 3.81. The summed E-state index contributed by atoms with van der Waals surface area (Å²) in [6.07, 6.45) is 9.11. The zero-order chi connectivity index (χ0) is 7.97. The summed E-state index contributed by atoms with van der Waals surface area (Å²) in [6.45, 7) is 0. The standard InChI is InChI=1S/C10H13NO/c1-2-6-11(5-1)9-7-8-3-4-10(9)12-8/h1-2,5-6,8-10H,3-4,7H2. The van der Waals surface area contributed by atoms with Crippen molar-refractivity contribution in [3.05, 3.63) is 24.5 Å². The predicted octanol–water partition coefficient (Wildman–Crippen LogP) is 1.98. The third-order valence-corrected chi connectivity index (χ3v) is 3.08. The second kappa shape index (κ2) is 2.36. The maximum atomic E-state index is 5.79. The zero-order valence-electron chi connectivity index (χ0n) is 7.02. The Morgan fingerprint density at radius 3 is 2.58 bits per heavy atom. The van der Waals surface area contributed by atoms with Crippen LogP contribution in [0.15, 0.2) is 24.5 Å². The van der Waals surface area contributed by atoms with Crippen LogP contribution < -0.4 is 0 Å². The number of fused-ring (bicyclic) bond motifs is 2. The molecule has 3 heterocycles. The fraction of sp³-hybridized carbons (Fsp3) is 0.600. The topological polar surface area (TPSA) is 14.2 Å². The van der Waals surface area contributed by atoms with Gasteiger partial charge >= 0.3 is 0 Å². The molecule has 0 radical (unpaired) electrons. The highest BCUT2D eigenvalue weighted by Gasteiger charge is 2.41. The maximum absolute atomic E-state index is 5.79. The summed E-state index contributed by atoms with van der Waals surface area (Å²) < 4.78 is 8.08. The average Bonchev–Trinajstić information content (AvgIpc) is 2.81. The lowest BCUT2D eigenvalue weighted by atomic mass is 9.95. The molecule has 0 N–H and O–H groups in total. The van der Waals surface area contributed by atoms with Gasteiger partial charge in [-0.05, 0) is 31.4 Å². The molecule has 3 unspecified atom stereocenters. The van der Waals surface area contributed by atoms with Crippen molar-refractivity contribution in [1.29, 1.82) is 0 Å². The third kappa shape index (κ3) is 0.845. The van der Waals surface area contributed by atoms with Gasteiger partial charge in [0.05, 0.1) is 18.2 Å². The summed E-state index contributed by atoms with van der Waals surface area (Å²) in [6, 6.07) is 4.80. The van der Waals surface area contributed by atoms with Crippen LogP contribution in [0.5, 0.6) is 0 Å². The Kier molecular flexibility index (Phi) is 1.32. The first-order chi connectivity index (χ1) is 5.93. The van der Waals surface area contributed by atoms with Gasteiger partial charge in [0.2, 0.25) is 0 Å². The van der Waals surface area contributed by atoms with Crippen LogP contribution in [0.4, 0.5) is 0 Å². The molecule has 2 aliphatic rings. The zero-order valence-corrected chi connectivity index (χ0v) is 7.02. The number of hydrogen-bond donors (Lipinski definition) is 0. The quantitative estimate of drug-likeness (QED) is 0.617. The largest absolute Gasteiger partial charge is 0.373 e. The molecule has 0 spiro atoms. The summed E-state index contributed by atoms with van der Waals surface area (Å²) >= 11 is 0. The maximum Gasteiger partial charge on any atom is 0.0787 e. The minimum atomic E-state index is 0.502. The Bertz CT molecular complexity index is 267. The van der Waals surface area contributed by atoms with Crippen molar-refractivity contribution >= 4 is 0 Å². The molecule has 3 rings (SSSR count). The van der Waals surface area contributed by atoms with Gasteiger partial charge in [-0.2, -0.15) is 0 Å². The van der Waals surface area contributed by atoms with E-state index in [0.717, 1.165) is 0 Å². The normalized spacial score (nSPS) is 39.2. The molecule has 2 saturated heterocycles. The fourth-order valence-corrected chi connectivity index (χ4v) is 2.49. The van der Waals surface area contributed by atoms with Crippen molar-refractivity contribution in [2.24, 2.45) is 0 Å². The Balaban J connectivity index is 1.87. The molecule has 2 nitrogen and oxygen atoms in total. The molecule has 3 atom stereocenters. The summed E-state index contributed by atoms with van der Waals surface area (Å²) in [5.41, 5.74) is 0. The van der Waals surface area contributed by atoms with Crippen LogP contribution in [-0.2, 0) is 4.74 Å². The Labute approximate surface area is 72.1 Å². The van der Waals surface area contributed by atoms with Crippen LogP contribution in [0.3, 0.4) is 0 Å². The van der Waals surface area contributed by atoms with Gasteiger partial charge < -0.3 is 9.30 Å². The number of hydrogen-bond acceptors (Lipinski definition) is 1. The first-order valence-electron chi connectivity index (χ1n) is 4.71. The minimum absolute atomic E-state index is 0.502. The highest BCUT2D eigenvalue weighted by molar-refractivity contribution is 5.00.